The molecule has 2 aromatic heterocycles. The Morgan fingerprint density at radius 3 is 1.51 bits per heavy atom. The van der Waals surface area contributed by atoms with Gasteiger partial charge in [0.25, 0.3) is 0 Å². The van der Waals surface area contributed by atoms with Crippen molar-refractivity contribution >= 4 is 43.6 Å². The third kappa shape index (κ3) is 4.41. The fraction of sp³-hybridized carbons (Fsp3) is 0.0182. The van der Waals surface area contributed by atoms with Crippen molar-refractivity contribution in [2.24, 2.45) is 0 Å². The van der Waals surface area contributed by atoms with E-state index in [1.807, 2.05) is 0 Å². The van der Waals surface area contributed by atoms with E-state index in [0.29, 0.717) is 0 Å². The summed E-state index contributed by atoms with van der Waals surface area (Å²) in [6, 6.07) is 80.6. The Kier molecular flexibility index (Phi) is 6.88. The SMILES string of the molecule is c1ccc(-n2c3ccccc3c3ccc(-c4cc5c(c6c7ccccc7n(-c7ccccc7)c46)-c4ccccc4C5(c4ccccc4)c4ccccc4)cc32)cc1. The lowest BCUT2D eigenvalue weighted by Gasteiger charge is -2.34. The molecule has 0 saturated heterocycles. The Hall–Kier alpha value is -7.42. The molecular weight excluding hydrogens is 689 g/mol. The molecule has 0 bridgehead atoms. The molecule has 0 N–H and O–H groups in total. The summed E-state index contributed by atoms with van der Waals surface area (Å²) >= 11 is 0. The molecule has 1 aliphatic rings. The molecule has 57 heavy (non-hydrogen) atoms. The van der Waals surface area contributed by atoms with Gasteiger partial charge in [-0.25, -0.2) is 0 Å². The van der Waals surface area contributed by atoms with Crippen molar-refractivity contribution in [2.75, 3.05) is 0 Å². The second kappa shape index (κ2) is 12.3. The van der Waals surface area contributed by atoms with E-state index in [9.17, 15) is 0 Å². The van der Waals surface area contributed by atoms with Gasteiger partial charge in [0.2, 0.25) is 0 Å². The van der Waals surface area contributed by atoms with Crippen LogP contribution in [0.3, 0.4) is 0 Å². The summed E-state index contributed by atoms with van der Waals surface area (Å²) in [6.45, 7) is 0. The van der Waals surface area contributed by atoms with E-state index in [-0.39, 0.29) is 0 Å². The Balaban J connectivity index is 1.30. The third-order valence-electron chi connectivity index (χ3n) is 12.4. The number of nitrogens with zero attached hydrogens (tertiary/aromatic N) is 2. The maximum Gasteiger partial charge on any atom is 0.0714 e. The number of hydrogen-bond donors (Lipinski definition) is 0. The zero-order valence-electron chi connectivity index (χ0n) is 31.2. The molecule has 0 saturated carbocycles. The van der Waals surface area contributed by atoms with Gasteiger partial charge in [-0.3, -0.25) is 0 Å². The first-order chi connectivity index (χ1) is 28.3. The molecule has 9 aromatic carbocycles. The van der Waals surface area contributed by atoms with E-state index >= 15 is 0 Å². The topological polar surface area (TPSA) is 9.86 Å². The lowest BCUT2D eigenvalue weighted by molar-refractivity contribution is 0.769. The maximum atomic E-state index is 2.55. The van der Waals surface area contributed by atoms with Crippen LogP contribution in [0.1, 0.15) is 22.3 Å². The molecule has 0 unspecified atom stereocenters. The monoisotopic (exact) mass is 724 g/mol. The van der Waals surface area contributed by atoms with Crippen LogP contribution in [0.4, 0.5) is 0 Å². The van der Waals surface area contributed by atoms with Gasteiger partial charge in [-0.15, -0.1) is 0 Å². The largest absolute Gasteiger partial charge is 0.309 e. The van der Waals surface area contributed by atoms with E-state index in [2.05, 4.69) is 228 Å². The molecule has 2 heterocycles. The van der Waals surface area contributed by atoms with Crippen LogP contribution in [0.25, 0.3) is 77.2 Å². The summed E-state index contributed by atoms with van der Waals surface area (Å²) < 4.78 is 4.93. The highest BCUT2D eigenvalue weighted by molar-refractivity contribution is 6.22. The molecule has 0 spiro atoms. The molecule has 0 fully saturated rings. The summed E-state index contributed by atoms with van der Waals surface area (Å²) in [6.07, 6.45) is 0. The van der Waals surface area contributed by atoms with Crippen LogP contribution in [0, 0.1) is 0 Å². The first kappa shape index (κ1) is 31.9. The van der Waals surface area contributed by atoms with Crippen LogP contribution in [-0.2, 0) is 5.41 Å². The van der Waals surface area contributed by atoms with Crippen LogP contribution in [0.2, 0.25) is 0 Å². The lowest BCUT2D eigenvalue weighted by Crippen LogP contribution is -2.28. The molecule has 12 rings (SSSR count). The van der Waals surface area contributed by atoms with Crippen LogP contribution < -0.4 is 0 Å². The summed E-state index contributed by atoms with van der Waals surface area (Å²) in [5.74, 6) is 0. The van der Waals surface area contributed by atoms with Crippen molar-refractivity contribution < 1.29 is 0 Å². The summed E-state index contributed by atoms with van der Waals surface area (Å²) in [5.41, 5.74) is 16.7. The van der Waals surface area contributed by atoms with Crippen molar-refractivity contribution in [3.63, 3.8) is 0 Å². The second-order valence-electron chi connectivity index (χ2n) is 15.2. The molecule has 0 radical (unpaired) electrons. The van der Waals surface area contributed by atoms with E-state index in [4.69, 9.17) is 0 Å². The Morgan fingerprint density at radius 1 is 0.333 bits per heavy atom. The third-order valence-corrected chi connectivity index (χ3v) is 12.4. The highest BCUT2D eigenvalue weighted by Crippen LogP contribution is 2.60. The van der Waals surface area contributed by atoms with Gasteiger partial charge < -0.3 is 9.13 Å². The minimum Gasteiger partial charge on any atom is -0.309 e. The highest BCUT2D eigenvalue weighted by atomic mass is 15.0. The van der Waals surface area contributed by atoms with Crippen molar-refractivity contribution in [3.8, 4) is 33.6 Å². The fourth-order valence-corrected chi connectivity index (χ4v) is 10.1. The number of fused-ring (bicyclic) bond motifs is 10. The van der Waals surface area contributed by atoms with E-state index < -0.39 is 5.41 Å². The normalized spacial score (nSPS) is 13.1. The molecule has 2 heteroatoms. The zero-order valence-corrected chi connectivity index (χ0v) is 31.2. The first-order valence-corrected chi connectivity index (χ1v) is 19.8. The quantitative estimate of drug-likeness (QED) is 0.167. The number of hydrogen-bond acceptors (Lipinski definition) is 0. The predicted octanol–water partition coefficient (Wildman–Crippen LogP) is 13.9. The Bertz CT molecular complexity index is 3280. The zero-order chi connectivity index (χ0) is 37.5. The average Bonchev–Trinajstić information content (AvgIpc) is 3.91. The molecule has 1 aliphatic carbocycles. The van der Waals surface area contributed by atoms with E-state index in [1.165, 1.54) is 88.1 Å². The molecule has 0 aliphatic heterocycles. The number of rotatable bonds is 5. The molecule has 266 valence electrons. The molecule has 11 aromatic rings. The molecule has 2 nitrogen and oxygen atoms in total. The fourth-order valence-electron chi connectivity index (χ4n) is 10.1. The maximum absolute atomic E-state index is 2.55. The summed E-state index contributed by atoms with van der Waals surface area (Å²) in [7, 11) is 0. The van der Waals surface area contributed by atoms with E-state index in [0.717, 1.165) is 11.4 Å². The van der Waals surface area contributed by atoms with Gasteiger partial charge in [0.1, 0.15) is 0 Å². The number of para-hydroxylation sites is 4. The molecule has 0 atom stereocenters. The Labute approximate surface area is 331 Å². The second-order valence-corrected chi connectivity index (χ2v) is 15.2. The molecular formula is C55H36N2. The Morgan fingerprint density at radius 2 is 0.842 bits per heavy atom. The van der Waals surface area contributed by atoms with Crippen LogP contribution in [0.15, 0.2) is 218 Å². The van der Waals surface area contributed by atoms with E-state index in [1.54, 1.807) is 0 Å². The van der Waals surface area contributed by atoms with Gasteiger partial charge in [0, 0.05) is 38.5 Å². The van der Waals surface area contributed by atoms with Gasteiger partial charge >= 0.3 is 0 Å². The highest BCUT2D eigenvalue weighted by Gasteiger charge is 2.47. The van der Waals surface area contributed by atoms with Gasteiger partial charge in [-0.2, -0.15) is 0 Å². The van der Waals surface area contributed by atoms with Crippen LogP contribution in [0.5, 0.6) is 0 Å². The minimum atomic E-state index is -0.545. The standard InChI is InChI=1S/C55H36N2/c1-5-19-38(20-6-1)55(39-21-7-2-8-22-39)47-30-16-13-28-44(47)52-48(55)36-46(54-53(52)45-29-15-18-32-50(45)57(54)41-25-11-4-12-26-41)37-33-34-43-42-27-14-17-31-49(42)56(51(43)35-37)40-23-9-3-10-24-40/h1-36H. The van der Waals surface area contributed by atoms with Gasteiger partial charge in [-0.05, 0) is 87.5 Å². The minimum absolute atomic E-state index is 0.545. The van der Waals surface area contributed by atoms with Crippen molar-refractivity contribution in [2.45, 2.75) is 5.41 Å². The smallest absolute Gasteiger partial charge is 0.0714 e. The lowest BCUT2D eigenvalue weighted by atomic mass is 9.67. The van der Waals surface area contributed by atoms with Gasteiger partial charge in [-0.1, -0.05) is 170 Å². The summed E-state index contributed by atoms with van der Waals surface area (Å²) in [4.78, 5) is 0. The molecule has 0 amide bonds. The van der Waals surface area contributed by atoms with Crippen molar-refractivity contribution in [1.29, 1.82) is 0 Å². The summed E-state index contributed by atoms with van der Waals surface area (Å²) in [5, 5.41) is 5.03. The van der Waals surface area contributed by atoms with Crippen LogP contribution >= 0.6 is 0 Å². The van der Waals surface area contributed by atoms with Crippen molar-refractivity contribution in [3.05, 3.63) is 241 Å². The number of aromatic nitrogens is 2. The first-order valence-electron chi connectivity index (χ1n) is 19.8. The van der Waals surface area contributed by atoms with Gasteiger partial charge in [0.05, 0.1) is 27.5 Å². The average molecular weight is 725 g/mol. The van der Waals surface area contributed by atoms with Crippen LogP contribution in [-0.4, -0.2) is 9.13 Å². The predicted molar refractivity (Wildman–Crippen MR) is 238 cm³/mol. The number of benzene rings is 9. The van der Waals surface area contributed by atoms with Crippen molar-refractivity contribution in [1.82, 2.24) is 9.13 Å². The van der Waals surface area contributed by atoms with Gasteiger partial charge in [0.15, 0.2) is 0 Å².